The van der Waals surface area contributed by atoms with Gasteiger partial charge < -0.3 is 5.32 Å². The van der Waals surface area contributed by atoms with Gasteiger partial charge in [0.1, 0.15) is 0 Å². The predicted molar refractivity (Wildman–Crippen MR) is 80.8 cm³/mol. The molecular formula is C14H19N3S2. The first-order valence-electron chi connectivity index (χ1n) is 6.95. The van der Waals surface area contributed by atoms with E-state index in [1.54, 1.807) is 11.3 Å². The fourth-order valence-electron chi connectivity index (χ4n) is 2.20. The Morgan fingerprint density at radius 3 is 3.00 bits per heavy atom. The molecule has 2 aromatic rings. The van der Waals surface area contributed by atoms with Gasteiger partial charge in [-0.3, -0.25) is 0 Å². The molecule has 1 saturated carbocycles. The SMILES string of the molecule is c1csc(CCCNCc2cnc(C3CCC3)s2)n1. The second-order valence-electron chi connectivity index (χ2n) is 5.00. The number of rotatable bonds is 7. The van der Waals surface area contributed by atoms with E-state index in [4.69, 9.17) is 0 Å². The van der Waals surface area contributed by atoms with Gasteiger partial charge in [-0.15, -0.1) is 22.7 Å². The summed E-state index contributed by atoms with van der Waals surface area (Å²) in [4.78, 5) is 10.2. The van der Waals surface area contributed by atoms with E-state index in [2.05, 4.69) is 15.3 Å². The highest BCUT2D eigenvalue weighted by Crippen LogP contribution is 2.38. The lowest BCUT2D eigenvalue weighted by Gasteiger charge is -2.22. The second kappa shape index (κ2) is 6.59. The highest BCUT2D eigenvalue weighted by Gasteiger charge is 2.22. The Hall–Kier alpha value is -0.780. The molecule has 0 spiro atoms. The highest BCUT2D eigenvalue weighted by molar-refractivity contribution is 7.11. The fraction of sp³-hybridized carbons (Fsp3) is 0.571. The van der Waals surface area contributed by atoms with Gasteiger partial charge >= 0.3 is 0 Å². The zero-order valence-corrected chi connectivity index (χ0v) is 12.6. The molecule has 0 saturated heterocycles. The third kappa shape index (κ3) is 3.61. The van der Waals surface area contributed by atoms with E-state index in [-0.39, 0.29) is 0 Å². The predicted octanol–water partition coefficient (Wildman–Crippen LogP) is 3.59. The zero-order chi connectivity index (χ0) is 12.9. The van der Waals surface area contributed by atoms with E-state index in [1.807, 2.05) is 29.1 Å². The van der Waals surface area contributed by atoms with Crippen LogP contribution in [0.25, 0.3) is 0 Å². The van der Waals surface area contributed by atoms with Crippen LogP contribution in [0.4, 0.5) is 0 Å². The van der Waals surface area contributed by atoms with E-state index in [0.29, 0.717) is 0 Å². The van der Waals surface area contributed by atoms with Crippen LogP contribution in [0.5, 0.6) is 0 Å². The Bertz CT molecular complexity index is 489. The van der Waals surface area contributed by atoms with Crippen molar-refractivity contribution >= 4 is 22.7 Å². The number of aromatic nitrogens is 2. The molecule has 1 aliphatic rings. The Morgan fingerprint density at radius 1 is 1.32 bits per heavy atom. The van der Waals surface area contributed by atoms with Gasteiger partial charge in [-0.25, -0.2) is 9.97 Å². The van der Waals surface area contributed by atoms with E-state index in [1.165, 1.54) is 34.2 Å². The molecule has 0 atom stereocenters. The molecule has 5 heteroatoms. The first-order chi connectivity index (χ1) is 9.42. The molecule has 0 aliphatic heterocycles. The first-order valence-corrected chi connectivity index (χ1v) is 8.65. The van der Waals surface area contributed by atoms with Crippen molar-refractivity contribution in [3.05, 3.63) is 32.7 Å². The van der Waals surface area contributed by atoms with Gasteiger partial charge in [-0.1, -0.05) is 6.42 Å². The van der Waals surface area contributed by atoms with Gasteiger partial charge in [0.2, 0.25) is 0 Å². The molecule has 3 nitrogen and oxygen atoms in total. The van der Waals surface area contributed by atoms with Crippen LogP contribution in [-0.2, 0) is 13.0 Å². The lowest BCUT2D eigenvalue weighted by atomic mass is 9.86. The Morgan fingerprint density at radius 2 is 2.26 bits per heavy atom. The summed E-state index contributed by atoms with van der Waals surface area (Å²) in [5.41, 5.74) is 0. The van der Waals surface area contributed by atoms with Crippen LogP contribution in [0.2, 0.25) is 0 Å². The molecule has 1 aliphatic carbocycles. The van der Waals surface area contributed by atoms with Crippen molar-refractivity contribution in [1.29, 1.82) is 0 Å². The van der Waals surface area contributed by atoms with Crippen molar-refractivity contribution in [3.8, 4) is 0 Å². The normalized spacial score (nSPS) is 15.6. The molecule has 1 fully saturated rings. The molecule has 0 amide bonds. The average Bonchev–Trinajstić information content (AvgIpc) is 2.98. The van der Waals surface area contributed by atoms with Crippen LogP contribution in [0, 0.1) is 0 Å². The summed E-state index contributed by atoms with van der Waals surface area (Å²) >= 11 is 3.63. The molecular weight excluding hydrogens is 274 g/mol. The van der Waals surface area contributed by atoms with Gasteiger partial charge in [-0.2, -0.15) is 0 Å². The number of thiazole rings is 2. The fourth-order valence-corrected chi connectivity index (χ4v) is 3.92. The molecule has 0 bridgehead atoms. The van der Waals surface area contributed by atoms with Crippen molar-refractivity contribution in [2.75, 3.05) is 6.54 Å². The summed E-state index contributed by atoms with van der Waals surface area (Å²) in [6.07, 6.45) is 10.2. The van der Waals surface area contributed by atoms with Gasteiger partial charge in [-0.05, 0) is 25.8 Å². The number of nitrogens with zero attached hydrogens (tertiary/aromatic N) is 2. The van der Waals surface area contributed by atoms with Gasteiger partial charge in [0.15, 0.2) is 0 Å². The lowest BCUT2D eigenvalue weighted by molar-refractivity contribution is 0.418. The molecule has 3 rings (SSSR count). The topological polar surface area (TPSA) is 37.8 Å². The van der Waals surface area contributed by atoms with E-state index >= 15 is 0 Å². The van der Waals surface area contributed by atoms with Crippen molar-refractivity contribution in [3.63, 3.8) is 0 Å². The third-order valence-corrected chi connectivity index (χ3v) is 5.55. The molecule has 0 unspecified atom stereocenters. The molecule has 0 radical (unpaired) electrons. The maximum absolute atomic E-state index is 4.55. The van der Waals surface area contributed by atoms with Crippen LogP contribution in [0.3, 0.4) is 0 Å². The maximum atomic E-state index is 4.55. The monoisotopic (exact) mass is 293 g/mol. The van der Waals surface area contributed by atoms with Crippen molar-refractivity contribution in [1.82, 2.24) is 15.3 Å². The van der Waals surface area contributed by atoms with Crippen molar-refractivity contribution < 1.29 is 0 Å². The van der Waals surface area contributed by atoms with E-state index < -0.39 is 0 Å². The summed E-state index contributed by atoms with van der Waals surface area (Å²) < 4.78 is 0. The molecule has 2 heterocycles. The summed E-state index contributed by atoms with van der Waals surface area (Å²) in [5.74, 6) is 0.767. The molecule has 19 heavy (non-hydrogen) atoms. The summed E-state index contributed by atoms with van der Waals surface area (Å²) in [6, 6.07) is 0. The molecule has 1 N–H and O–H groups in total. The highest BCUT2D eigenvalue weighted by atomic mass is 32.1. The van der Waals surface area contributed by atoms with Crippen LogP contribution >= 0.6 is 22.7 Å². The zero-order valence-electron chi connectivity index (χ0n) is 11.0. The Labute approximate surface area is 122 Å². The van der Waals surface area contributed by atoms with Gasteiger partial charge in [0.25, 0.3) is 0 Å². The average molecular weight is 293 g/mol. The largest absolute Gasteiger partial charge is 0.312 e. The molecule has 0 aromatic carbocycles. The van der Waals surface area contributed by atoms with E-state index in [0.717, 1.165) is 31.8 Å². The molecule has 102 valence electrons. The first kappa shape index (κ1) is 13.2. The number of aryl methyl sites for hydroxylation is 1. The van der Waals surface area contributed by atoms with Crippen molar-refractivity contribution in [2.45, 2.75) is 44.6 Å². The summed E-state index contributed by atoms with van der Waals surface area (Å²) in [6.45, 7) is 2.01. The summed E-state index contributed by atoms with van der Waals surface area (Å²) in [5, 5.41) is 8.14. The Kier molecular flexibility index (Phi) is 4.58. The van der Waals surface area contributed by atoms with Gasteiger partial charge in [0.05, 0.1) is 10.0 Å². The number of hydrogen-bond donors (Lipinski definition) is 1. The number of nitrogens with one attached hydrogen (secondary N) is 1. The van der Waals surface area contributed by atoms with Crippen molar-refractivity contribution in [2.24, 2.45) is 0 Å². The van der Waals surface area contributed by atoms with Crippen LogP contribution < -0.4 is 5.32 Å². The van der Waals surface area contributed by atoms with Crippen LogP contribution in [-0.4, -0.2) is 16.5 Å². The number of hydrogen-bond acceptors (Lipinski definition) is 5. The van der Waals surface area contributed by atoms with Crippen LogP contribution in [0.1, 0.15) is 46.5 Å². The standard InChI is InChI=1S/C14H19N3S2/c1-3-11(4-1)14-17-10-12(19-14)9-15-6-2-5-13-16-7-8-18-13/h7-8,10-11,15H,1-6,9H2. The quantitative estimate of drug-likeness (QED) is 0.793. The minimum atomic E-state index is 0.767. The minimum absolute atomic E-state index is 0.767. The lowest BCUT2D eigenvalue weighted by Crippen LogP contribution is -2.14. The van der Waals surface area contributed by atoms with Crippen LogP contribution in [0.15, 0.2) is 17.8 Å². The summed E-state index contributed by atoms with van der Waals surface area (Å²) in [7, 11) is 0. The minimum Gasteiger partial charge on any atom is -0.312 e. The Balaban J connectivity index is 1.34. The molecule has 2 aromatic heterocycles. The van der Waals surface area contributed by atoms with Gasteiger partial charge in [0, 0.05) is 41.5 Å². The smallest absolute Gasteiger partial charge is 0.0959 e. The third-order valence-electron chi connectivity index (χ3n) is 3.55. The van der Waals surface area contributed by atoms with E-state index in [9.17, 15) is 0 Å². The maximum Gasteiger partial charge on any atom is 0.0959 e. The second-order valence-corrected chi connectivity index (χ2v) is 7.12.